The highest BCUT2D eigenvalue weighted by atomic mass is 79.9. The van der Waals surface area contributed by atoms with Crippen LogP contribution in [0, 0.1) is 0 Å². The number of nitrogens with zero attached hydrogens (tertiary/aromatic N) is 3. The van der Waals surface area contributed by atoms with Crippen molar-refractivity contribution in [1.29, 1.82) is 0 Å². The first kappa shape index (κ1) is 15.9. The lowest BCUT2D eigenvalue weighted by Gasteiger charge is -2.08. The average molecular weight is 463 g/mol. The molecule has 2 aromatic heterocycles. The minimum atomic E-state index is -3.89. The summed E-state index contributed by atoms with van der Waals surface area (Å²) < 4.78 is 27.3. The van der Waals surface area contributed by atoms with Crippen LogP contribution in [0.4, 0.5) is 5.82 Å². The van der Waals surface area contributed by atoms with Crippen LogP contribution in [-0.4, -0.2) is 23.4 Å². The van der Waals surface area contributed by atoms with Crippen LogP contribution in [0.15, 0.2) is 32.6 Å². The van der Waals surface area contributed by atoms with Crippen molar-refractivity contribution in [2.45, 2.75) is 4.90 Å². The molecule has 20 heavy (non-hydrogen) atoms. The highest BCUT2D eigenvalue weighted by Crippen LogP contribution is 2.25. The van der Waals surface area contributed by atoms with Gasteiger partial charge in [0.05, 0.1) is 11.2 Å². The van der Waals surface area contributed by atoms with Crippen molar-refractivity contribution in [3.8, 4) is 0 Å². The standard InChI is InChI=1S/C9H4Br2Cl2N4O2S/c10-6-3-15-9(7(11)16-6)17-20(18,19)4-1-5(12)8(13)14-2-4/h1-3H,(H,15,17). The molecular formula is C9H4Br2Cl2N4O2S. The van der Waals surface area contributed by atoms with E-state index in [0.29, 0.717) is 4.60 Å². The summed E-state index contributed by atoms with van der Waals surface area (Å²) in [4.78, 5) is 11.4. The Balaban J connectivity index is 2.38. The van der Waals surface area contributed by atoms with Crippen molar-refractivity contribution < 1.29 is 8.42 Å². The first-order chi connectivity index (χ1) is 9.29. The van der Waals surface area contributed by atoms with E-state index >= 15 is 0 Å². The van der Waals surface area contributed by atoms with Crippen molar-refractivity contribution in [3.05, 3.63) is 37.8 Å². The molecule has 0 bridgehead atoms. The number of hydrogen-bond donors (Lipinski definition) is 1. The highest BCUT2D eigenvalue weighted by molar-refractivity contribution is 9.11. The van der Waals surface area contributed by atoms with E-state index < -0.39 is 10.0 Å². The molecule has 0 aliphatic carbocycles. The van der Waals surface area contributed by atoms with Gasteiger partial charge < -0.3 is 0 Å². The van der Waals surface area contributed by atoms with E-state index in [1.54, 1.807) is 0 Å². The van der Waals surface area contributed by atoms with Crippen molar-refractivity contribution in [3.63, 3.8) is 0 Å². The molecule has 0 saturated carbocycles. The van der Waals surface area contributed by atoms with Crippen LogP contribution in [0.5, 0.6) is 0 Å². The molecule has 0 fully saturated rings. The molecule has 0 atom stereocenters. The van der Waals surface area contributed by atoms with Gasteiger partial charge in [-0.1, -0.05) is 23.2 Å². The van der Waals surface area contributed by atoms with Gasteiger partial charge in [-0.05, 0) is 37.9 Å². The van der Waals surface area contributed by atoms with Crippen LogP contribution in [0.1, 0.15) is 0 Å². The van der Waals surface area contributed by atoms with E-state index in [2.05, 4.69) is 51.5 Å². The summed E-state index contributed by atoms with van der Waals surface area (Å²) in [5.41, 5.74) is 0. The van der Waals surface area contributed by atoms with E-state index in [4.69, 9.17) is 23.2 Å². The first-order valence-electron chi connectivity index (χ1n) is 4.81. The Morgan fingerprint density at radius 3 is 2.45 bits per heavy atom. The lowest BCUT2D eigenvalue weighted by atomic mass is 10.5. The molecule has 0 saturated heterocycles. The first-order valence-corrected chi connectivity index (χ1v) is 8.64. The normalized spacial score (nSPS) is 11.4. The molecule has 0 amide bonds. The van der Waals surface area contributed by atoms with Gasteiger partial charge in [0.1, 0.15) is 14.7 Å². The van der Waals surface area contributed by atoms with Gasteiger partial charge in [-0.15, -0.1) is 0 Å². The highest BCUT2D eigenvalue weighted by Gasteiger charge is 2.19. The SMILES string of the molecule is O=S(=O)(Nc1ncc(Br)nc1Br)c1cnc(Cl)c(Cl)c1. The van der Waals surface area contributed by atoms with Gasteiger partial charge in [0, 0.05) is 6.20 Å². The van der Waals surface area contributed by atoms with E-state index in [0.717, 1.165) is 6.20 Å². The van der Waals surface area contributed by atoms with Crippen LogP contribution >= 0.6 is 55.1 Å². The van der Waals surface area contributed by atoms with E-state index in [-0.39, 0.29) is 25.5 Å². The molecule has 106 valence electrons. The Kier molecular flexibility index (Phi) is 4.85. The maximum absolute atomic E-state index is 12.1. The van der Waals surface area contributed by atoms with Gasteiger partial charge in [-0.25, -0.2) is 23.4 Å². The number of anilines is 1. The number of aromatic nitrogens is 3. The van der Waals surface area contributed by atoms with Gasteiger partial charge in [0.15, 0.2) is 10.4 Å². The van der Waals surface area contributed by atoms with Crippen molar-refractivity contribution in [2.75, 3.05) is 4.72 Å². The third-order valence-corrected chi connectivity index (χ3v) is 4.94. The van der Waals surface area contributed by atoms with Crippen molar-refractivity contribution in [1.82, 2.24) is 15.0 Å². The summed E-state index contributed by atoms with van der Waals surface area (Å²) in [6.45, 7) is 0. The Hall–Kier alpha value is -0.480. The van der Waals surface area contributed by atoms with Crippen molar-refractivity contribution in [2.24, 2.45) is 0 Å². The summed E-state index contributed by atoms with van der Waals surface area (Å²) in [5.74, 6) is 0.0410. The number of hydrogen-bond acceptors (Lipinski definition) is 5. The second kappa shape index (κ2) is 6.10. The van der Waals surface area contributed by atoms with Gasteiger partial charge >= 0.3 is 0 Å². The predicted octanol–water partition coefficient (Wildman–Crippen LogP) is 3.50. The Morgan fingerprint density at radius 1 is 1.15 bits per heavy atom. The summed E-state index contributed by atoms with van der Waals surface area (Å²) in [7, 11) is -3.89. The molecule has 0 aliphatic heterocycles. The second-order valence-electron chi connectivity index (χ2n) is 3.38. The largest absolute Gasteiger partial charge is 0.264 e. The van der Waals surface area contributed by atoms with Gasteiger partial charge in [-0.3, -0.25) is 4.72 Å². The topological polar surface area (TPSA) is 84.8 Å². The molecule has 0 aliphatic rings. The number of sulfonamides is 1. The van der Waals surface area contributed by atoms with Crippen LogP contribution in [0.3, 0.4) is 0 Å². The number of halogens is 4. The molecule has 2 heterocycles. The minimum Gasteiger partial charge on any atom is -0.261 e. The van der Waals surface area contributed by atoms with E-state index in [1.165, 1.54) is 12.3 Å². The summed E-state index contributed by atoms with van der Waals surface area (Å²) in [5, 5.41) is 0.0609. The third-order valence-electron chi connectivity index (χ3n) is 2.01. The third kappa shape index (κ3) is 3.59. The van der Waals surface area contributed by atoms with E-state index in [9.17, 15) is 8.42 Å². The van der Waals surface area contributed by atoms with Gasteiger partial charge in [-0.2, -0.15) is 0 Å². The summed E-state index contributed by atoms with van der Waals surface area (Å²) in [6.07, 6.45) is 2.45. The number of rotatable bonds is 3. The molecule has 1 N–H and O–H groups in total. The lowest BCUT2D eigenvalue weighted by molar-refractivity contribution is 0.600. The molecule has 0 spiro atoms. The zero-order valence-corrected chi connectivity index (χ0v) is 14.8. The molecule has 2 aromatic rings. The molecule has 0 aromatic carbocycles. The van der Waals surface area contributed by atoms with Crippen LogP contribution in [-0.2, 0) is 10.0 Å². The van der Waals surface area contributed by atoms with Crippen LogP contribution < -0.4 is 4.72 Å². The van der Waals surface area contributed by atoms with E-state index in [1.807, 2.05) is 0 Å². The van der Waals surface area contributed by atoms with Crippen molar-refractivity contribution >= 4 is 70.9 Å². The fourth-order valence-corrected chi connectivity index (χ4v) is 3.51. The molecule has 6 nitrogen and oxygen atoms in total. The second-order valence-corrected chi connectivity index (χ2v) is 7.39. The van der Waals surface area contributed by atoms with Crippen LogP contribution in [0.25, 0.3) is 0 Å². The Morgan fingerprint density at radius 2 is 1.85 bits per heavy atom. The molecule has 0 unspecified atom stereocenters. The maximum Gasteiger partial charge on any atom is 0.264 e. The fourth-order valence-electron chi connectivity index (χ4n) is 1.15. The molecule has 0 radical (unpaired) electrons. The summed E-state index contributed by atoms with van der Waals surface area (Å²) >= 11 is 17.6. The van der Waals surface area contributed by atoms with Gasteiger partial charge in [0.2, 0.25) is 0 Å². The monoisotopic (exact) mass is 460 g/mol. The number of pyridine rings is 1. The Labute approximate surface area is 141 Å². The zero-order chi connectivity index (χ0) is 14.9. The quantitative estimate of drug-likeness (QED) is 0.705. The Bertz CT molecular complexity index is 773. The zero-order valence-electron chi connectivity index (χ0n) is 9.31. The predicted molar refractivity (Wildman–Crippen MR) is 82.5 cm³/mol. The van der Waals surface area contributed by atoms with Gasteiger partial charge in [0.25, 0.3) is 10.0 Å². The molecule has 11 heteroatoms. The average Bonchev–Trinajstić information content (AvgIpc) is 2.36. The maximum atomic E-state index is 12.1. The molecular weight excluding hydrogens is 459 g/mol. The minimum absolute atomic E-state index is 0.0234. The summed E-state index contributed by atoms with van der Waals surface area (Å²) in [6, 6.07) is 1.19. The lowest BCUT2D eigenvalue weighted by Crippen LogP contribution is -2.15. The van der Waals surface area contributed by atoms with Crippen LogP contribution in [0.2, 0.25) is 10.2 Å². The number of nitrogens with one attached hydrogen (secondary N) is 1. The smallest absolute Gasteiger partial charge is 0.261 e. The fraction of sp³-hybridized carbons (Fsp3) is 0. The molecule has 2 rings (SSSR count).